The van der Waals surface area contributed by atoms with E-state index in [1.807, 2.05) is 0 Å². The van der Waals surface area contributed by atoms with Gasteiger partial charge in [-0.25, -0.2) is 17.5 Å². The highest BCUT2D eigenvalue weighted by Gasteiger charge is 2.26. The first kappa shape index (κ1) is 16.6. The average Bonchev–Trinajstić information content (AvgIpc) is 3.00. The second kappa shape index (κ2) is 6.99. The molecule has 2 aromatic rings. The van der Waals surface area contributed by atoms with Gasteiger partial charge in [-0.1, -0.05) is 18.2 Å². The Labute approximate surface area is 131 Å². The molecule has 1 unspecified atom stereocenters. The molecular formula is C14H14FNO4S2. The van der Waals surface area contributed by atoms with Crippen LogP contribution in [0.15, 0.2) is 46.7 Å². The zero-order valence-electron chi connectivity index (χ0n) is 11.7. The Bertz CT molecular complexity index is 744. The fraction of sp³-hybridized carbons (Fsp3) is 0.214. The third-order valence-corrected chi connectivity index (χ3v) is 5.40. The van der Waals surface area contributed by atoms with Crippen LogP contribution in [0.1, 0.15) is 17.3 Å². The van der Waals surface area contributed by atoms with Crippen LogP contribution >= 0.6 is 11.3 Å². The Kier molecular flexibility index (Phi) is 5.28. The number of halogens is 1. The van der Waals surface area contributed by atoms with Gasteiger partial charge in [-0.3, -0.25) is 4.79 Å². The van der Waals surface area contributed by atoms with E-state index in [9.17, 15) is 17.6 Å². The summed E-state index contributed by atoms with van der Waals surface area (Å²) in [5.74, 6) is -1.41. The molecule has 0 aliphatic carbocycles. The quantitative estimate of drug-likeness (QED) is 0.818. The van der Waals surface area contributed by atoms with E-state index in [4.69, 9.17) is 0 Å². The lowest BCUT2D eigenvalue weighted by atomic mass is 10.2. The predicted octanol–water partition coefficient (Wildman–Crippen LogP) is 2.47. The normalized spacial score (nSPS) is 12.8. The van der Waals surface area contributed by atoms with Crippen molar-refractivity contribution in [2.45, 2.75) is 17.4 Å². The van der Waals surface area contributed by atoms with Crippen molar-refractivity contribution in [3.63, 3.8) is 0 Å². The van der Waals surface area contributed by atoms with Gasteiger partial charge in [0.1, 0.15) is 10.7 Å². The summed E-state index contributed by atoms with van der Waals surface area (Å²) in [4.78, 5) is 11.7. The van der Waals surface area contributed by atoms with E-state index in [1.165, 1.54) is 36.6 Å². The minimum Gasteiger partial charge on any atom is -0.469 e. The van der Waals surface area contributed by atoms with E-state index in [2.05, 4.69) is 9.46 Å². The summed E-state index contributed by atoms with van der Waals surface area (Å²) in [6.45, 7) is 0. The lowest BCUT2D eigenvalue weighted by Crippen LogP contribution is -2.30. The first-order valence-electron chi connectivity index (χ1n) is 6.31. The highest BCUT2D eigenvalue weighted by Crippen LogP contribution is 2.25. The van der Waals surface area contributed by atoms with Gasteiger partial charge in [-0.15, -0.1) is 11.3 Å². The van der Waals surface area contributed by atoms with Gasteiger partial charge in [0.15, 0.2) is 0 Å². The molecule has 0 aliphatic rings. The highest BCUT2D eigenvalue weighted by molar-refractivity contribution is 7.89. The highest BCUT2D eigenvalue weighted by atomic mass is 32.2. The first-order chi connectivity index (χ1) is 10.4. The maximum atomic E-state index is 13.7. The molecule has 1 heterocycles. The molecule has 0 radical (unpaired) electrons. The van der Waals surface area contributed by atoms with E-state index in [0.29, 0.717) is 4.88 Å². The van der Waals surface area contributed by atoms with Crippen LogP contribution < -0.4 is 4.72 Å². The second-order valence-corrected chi connectivity index (χ2v) is 7.06. The van der Waals surface area contributed by atoms with Gasteiger partial charge < -0.3 is 4.74 Å². The summed E-state index contributed by atoms with van der Waals surface area (Å²) in [6, 6.07) is 7.69. The van der Waals surface area contributed by atoms with Crippen molar-refractivity contribution in [1.82, 2.24) is 4.72 Å². The van der Waals surface area contributed by atoms with Crippen molar-refractivity contribution in [2.75, 3.05) is 7.11 Å². The number of esters is 1. The molecule has 0 saturated carbocycles. The summed E-state index contributed by atoms with van der Waals surface area (Å²) in [7, 11) is -2.87. The fourth-order valence-electron chi connectivity index (χ4n) is 1.85. The number of thiophene rings is 1. The monoisotopic (exact) mass is 343 g/mol. The Balaban J connectivity index is 2.30. The molecule has 118 valence electrons. The topological polar surface area (TPSA) is 72.5 Å². The second-order valence-electron chi connectivity index (χ2n) is 4.40. The maximum Gasteiger partial charge on any atom is 0.307 e. The number of ether oxygens (including phenoxy) is 1. The molecule has 2 rings (SSSR count). The van der Waals surface area contributed by atoms with Crippen LogP contribution in [-0.4, -0.2) is 21.5 Å². The minimum atomic E-state index is -4.10. The van der Waals surface area contributed by atoms with Crippen molar-refractivity contribution in [1.29, 1.82) is 0 Å². The third-order valence-electron chi connectivity index (χ3n) is 2.91. The molecule has 0 aliphatic heterocycles. The average molecular weight is 343 g/mol. The van der Waals surface area contributed by atoms with Gasteiger partial charge in [0.05, 0.1) is 19.6 Å². The number of methoxy groups -OCH3 is 1. The first-order valence-corrected chi connectivity index (χ1v) is 8.67. The Morgan fingerprint density at radius 2 is 2.05 bits per heavy atom. The van der Waals surface area contributed by atoms with E-state index in [1.54, 1.807) is 17.5 Å². The molecule has 22 heavy (non-hydrogen) atoms. The number of nitrogens with one attached hydrogen (secondary N) is 1. The standard InChI is InChI=1S/C14H14FNO4S2/c1-20-14(17)9-11(12-6-4-8-21-12)16-22(18,19)13-7-3-2-5-10(13)15/h2-8,11,16H,9H2,1H3. The lowest BCUT2D eigenvalue weighted by Gasteiger charge is -2.16. The van der Waals surface area contributed by atoms with Crippen molar-refractivity contribution >= 4 is 27.3 Å². The molecule has 5 nitrogen and oxygen atoms in total. The van der Waals surface area contributed by atoms with Gasteiger partial charge in [-0.2, -0.15) is 0 Å². The summed E-state index contributed by atoms with van der Waals surface area (Å²) in [6.07, 6.45) is -0.176. The zero-order chi connectivity index (χ0) is 16.2. The van der Waals surface area contributed by atoms with Crippen LogP contribution in [-0.2, 0) is 19.6 Å². The summed E-state index contributed by atoms with van der Waals surface area (Å²) in [5.41, 5.74) is 0. The van der Waals surface area contributed by atoms with E-state index < -0.39 is 32.7 Å². The summed E-state index contributed by atoms with van der Waals surface area (Å²) >= 11 is 1.30. The molecule has 1 atom stereocenters. The number of carbonyl (C=O) groups excluding carboxylic acids is 1. The van der Waals surface area contributed by atoms with E-state index in [-0.39, 0.29) is 6.42 Å². The number of hydrogen-bond donors (Lipinski definition) is 1. The van der Waals surface area contributed by atoms with Crippen molar-refractivity contribution in [2.24, 2.45) is 0 Å². The third kappa shape index (κ3) is 3.90. The van der Waals surface area contributed by atoms with Crippen LogP contribution in [0, 0.1) is 5.82 Å². The molecule has 0 spiro atoms. The Hall–Kier alpha value is -1.77. The van der Waals surface area contributed by atoms with Crippen molar-refractivity contribution in [3.05, 3.63) is 52.5 Å². The van der Waals surface area contributed by atoms with Crippen LogP contribution in [0.25, 0.3) is 0 Å². The van der Waals surface area contributed by atoms with E-state index >= 15 is 0 Å². The predicted molar refractivity (Wildman–Crippen MR) is 80.4 cm³/mol. The van der Waals surface area contributed by atoms with Crippen LogP contribution in [0.5, 0.6) is 0 Å². The molecule has 1 aromatic heterocycles. The summed E-state index contributed by atoms with van der Waals surface area (Å²) in [5, 5.41) is 1.76. The van der Waals surface area contributed by atoms with Gasteiger partial charge in [0.2, 0.25) is 10.0 Å². The zero-order valence-corrected chi connectivity index (χ0v) is 13.3. The van der Waals surface area contributed by atoms with Crippen LogP contribution in [0.4, 0.5) is 4.39 Å². The molecule has 0 amide bonds. The molecule has 1 N–H and O–H groups in total. The minimum absolute atomic E-state index is 0.176. The molecular weight excluding hydrogens is 329 g/mol. The van der Waals surface area contributed by atoms with Crippen LogP contribution in [0.3, 0.4) is 0 Å². The lowest BCUT2D eigenvalue weighted by molar-refractivity contribution is -0.141. The fourth-order valence-corrected chi connectivity index (χ4v) is 4.00. The molecule has 8 heteroatoms. The molecule has 1 aromatic carbocycles. The van der Waals surface area contributed by atoms with Crippen molar-refractivity contribution in [3.8, 4) is 0 Å². The Morgan fingerprint density at radius 3 is 2.64 bits per heavy atom. The maximum absolute atomic E-state index is 13.7. The largest absolute Gasteiger partial charge is 0.469 e. The number of hydrogen-bond acceptors (Lipinski definition) is 5. The van der Waals surface area contributed by atoms with Gasteiger partial charge in [0.25, 0.3) is 0 Å². The van der Waals surface area contributed by atoms with Crippen LogP contribution in [0.2, 0.25) is 0 Å². The number of benzene rings is 1. The molecule has 0 saturated heterocycles. The SMILES string of the molecule is COC(=O)CC(NS(=O)(=O)c1ccccc1F)c1cccs1. The van der Waals surface area contributed by atoms with Gasteiger partial charge in [0, 0.05) is 4.88 Å². The van der Waals surface area contributed by atoms with Gasteiger partial charge in [-0.05, 0) is 23.6 Å². The Morgan fingerprint density at radius 1 is 1.32 bits per heavy atom. The molecule has 0 bridgehead atoms. The number of carbonyl (C=O) groups is 1. The smallest absolute Gasteiger partial charge is 0.307 e. The van der Waals surface area contributed by atoms with Gasteiger partial charge >= 0.3 is 5.97 Å². The number of sulfonamides is 1. The summed E-state index contributed by atoms with van der Waals surface area (Å²) < 4.78 is 45.3. The number of rotatable bonds is 6. The van der Waals surface area contributed by atoms with E-state index in [0.717, 1.165) is 6.07 Å². The molecule has 0 fully saturated rings. The van der Waals surface area contributed by atoms with Crippen molar-refractivity contribution < 1.29 is 22.3 Å².